The van der Waals surface area contributed by atoms with E-state index in [9.17, 15) is 9.59 Å². The van der Waals surface area contributed by atoms with Crippen molar-refractivity contribution in [2.24, 2.45) is 0 Å². The van der Waals surface area contributed by atoms with Gasteiger partial charge in [0.25, 0.3) is 5.91 Å². The normalized spacial score (nSPS) is 12.0. The van der Waals surface area contributed by atoms with Crippen LogP contribution in [0.5, 0.6) is 5.75 Å². The van der Waals surface area contributed by atoms with Crippen LogP contribution in [0.15, 0.2) is 78.9 Å². The zero-order valence-corrected chi connectivity index (χ0v) is 22.9. The molecule has 37 heavy (non-hydrogen) atoms. The zero-order valence-electron chi connectivity index (χ0n) is 22.2. The van der Waals surface area contributed by atoms with E-state index in [4.69, 9.17) is 16.3 Å². The fourth-order valence-corrected chi connectivity index (χ4v) is 4.36. The molecule has 0 aromatic heterocycles. The molecule has 1 atom stereocenters. The maximum Gasteiger partial charge on any atom is 0.261 e. The van der Waals surface area contributed by atoms with Crippen molar-refractivity contribution in [1.82, 2.24) is 10.2 Å². The molecule has 3 aromatic rings. The molecule has 0 fully saturated rings. The van der Waals surface area contributed by atoms with E-state index in [0.29, 0.717) is 23.7 Å². The zero-order chi connectivity index (χ0) is 26.8. The molecule has 0 aliphatic carbocycles. The summed E-state index contributed by atoms with van der Waals surface area (Å²) in [6, 6.07) is 24.2. The molecule has 1 N–H and O–H groups in total. The van der Waals surface area contributed by atoms with Gasteiger partial charge >= 0.3 is 0 Å². The lowest BCUT2D eigenvalue weighted by Crippen LogP contribution is -2.51. The van der Waals surface area contributed by atoms with E-state index in [1.165, 1.54) is 0 Å². The number of benzene rings is 3. The number of hydrogen-bond donors (Lipinski definition) is 1. The summed E-state index contributed by atoms with van der Waals surface area (Å²) in [5.74, 6) is 0.188. The summed E-state index contributed by atoms with van der Waals surface area (Å²) in [6.07, 6.45) is 1.18. The molecule has 0 radical (unpaired) electrons. The van der Waals surface area contributed by atoms with Crippen LogP contribution in [0.4, 0.5) is 0 Å². The number of nitrogens with zero attached hydrogens (tertiary/aromatic N) is 1. The van der Waals surface area contributed by atoms with E-state index in [2.05, 4.69) is 26.1 Å². The quantitative estimate of drug-likeness (QED) is 0.328. The van der Waals surface area contributed by atoms with E-state index in [1.807, 2.05) is 79.7 Å². The molecule has 0 aliphatic rings. The van der Waals surface area contributed by atoms with Crippen molar-refractivity contribution in [3.05, 3.63) is 101 Å². The van der Waals surface area contributed by atoms with E-state index in [0.717, 1.165) is 23.1 Å². The lowest BCUT2D eigenvalue weighted by Gasteiger charge is -2.32. The second-order valence-corrected chi connectivity index (χ2v) is 10.6. The molecule has 2 amide bonds. The van der Waals surface area contributed by atoms with E-state index < -0.39 is 6.04 Å². The van der Waals surface area contributed by atoms with Gasteiger partial charge in [0, 0.05) is 24.5 Å². The van der Waals surface area contributed by atoms with Gasteiger partial charge in [-0.3, -0.25) is 9.59 Å². The molecule has 3 aromatic carbocycles. The number of carbonyl (C=O) groups excluding carboxylic acids is 2. The molecule has 0 saturated carbocycles. The van der Waals surface area contributed by atoms with Gasteiger partial charge in [0.05, 0.1) is 0 Å². The number of nitrogens with one attached hydrogen (secondary N) is 1. The van der Waals surface area contributed by atoms with Gasteiger partial charge in [-0.05, 0) is 40.7 Å². The van der Waals surface area contributed by atoms with Gasteiger partial charge in [-0.15, -0.1) is 0 Å². The highest BCUT2D eigenvalue weighted by Crippen LogP contribution is 2.31. The fraction of sp³-hybridized carbons (Fsp3) is 0.355. The Bertz CT molecular complexity index is 1170. The number of ether oxygens (including phenoxy) is 1. The minimum absolute atomic E-state index is 0.146. The molecule has 0 aliphatic heterocycles. The van der Waals surface area contributed by atoms with Gasteiger partial charge in [0.15, 0.2) is 6.61 Å². The van der Waals surface area contributed by atoms with Crippen LogP contribution in [-0.2, 0) is 28.0 Å². The first-order chi connectivity index (χ1) is 17.7. The van der Waals surface area contributed by atoms with Gasteiger partial charge in [-0.25, -0.2) is 0 Å². The maximum atomic E-state index is 13.8. The Morgan fingerprint density at radius 2 is 1.59 bits per heavy atom. The lowest BCUT2D eigenvalue weighted by molar-refractivity contribution is -0.142. The highest BCUT2D eigenvalue weighted by Gasteiger charge is 2.31. The topological polar surface area (TPSA) is 58.6 Å². The first kappa shape index (κ1) is 28.3. The molecule has 3 rings (SSSR count). The average molecular weight is 521 g/mol. The summed E-state index contributed by atoms with van der Waals surface area (Å²) in [6.45, 7) is 8.86. The van der Waals surface area contributed by atoms with Crippen LogP contribution in [-0.4, -0.2) is 35.9 Å². The van der Waals surface area contributed by atoms with Gasteiger partial charge < -0.3 is 15.0 Å². The molecule has 1 unspecified atom stereocenters. The van der Waals surface area contributed by atoms with Crippen molar-refractivity contribution in [3.63, 3.8) is 0 Å². The summed E-state index contributed by atoms with van der Waals surface area (Å²) in [4.78, 5) is 28.8. The molecule has 0 heterocycles. The Morgan fingerprint density at radius 3 is 2.27 bits per heavy atom. The standard InChI is InChI=1S/C31H37ClN2O3/c1-5-19-33-30(36)27(20-23-13-7-6-8-14-23)34(21-24-15-9-11-17-26(24)32)29(35)22-37-28-18-12-10-16-25(28)31(2,3)4/h6-18,27H,5,19-22H2,1-4H3,(H,33,36). The third kappa shape index (κ3) is 8.09. The second-order valence-electron chi connectivity index (χ2n) is 10.1. The number of para-hydroxylation sites is 1. The van der Waals surface area contributed by atoms with Crippen molar-refractivity contribution in [1.29, 1.82) is 0 Å². The third-order valence-corrected chi connectivity index (χ3v) is 6.53. The first-order valence-electron chi connectivity index (χ1n) is 12.8. The van der Waals surface area contributed by atoms with Crippen molar-refractivity contribution < 1.29 is 14.3 Å². The Balaban J connectivity index is 1.94. The number of amides is 2. The summed E-state index contributed by atoms with van der Waals surface area (Å²) < 4.78 is 6.08. The van der Waals surface area contributed by atoms with Crippen molar-refractivity contribution >= 4 is 23.4 Å². The summed E-state index contributed by atoms with van der Waals surface area (Å²) in [5.41, 5.74) is 2.61. The number of halogens is 1. The van der Waals surface area contributed by atoms with Gasteiger partial charge in [-0.1, -0.05) is 106 Å². The Kier molecular flexibility index (Phi) is 10.2. The smallest absolute Gasteiger partial charge is 0.261 e. The van der Waals surface area contributed by atoms with Gasteiger partial charge in [0.2, 0.25) is 5.91 Å². The van der Waals surface area contributed by atoms with Crippen LogP contribution in [0.3, 0.4) is 0 Å². The van der Waals surface area contributed by atoms with Crippen LogP contribution >= 0.6 is 11.6 Å². The monoisotopic (exact) mass is 520 g/mol. The summed E-state index contributed by atoms with van der Waals surface area (Å²) in [5, 5.41) is 3.53. The molecule has 196 valence electrons. The second kappa shape index (κ2) is 13.3. The fourth-order valence-electron chi connectivity index (χ4n) is 4.16. The van der Waals surface area contributed by atoms with Crippen LogP contribution in [0.25, 0.3) is 0 Å². The van der Waals surface area contributed by atoms with E-state index in [1.54, 1.807) is 11.0 Å². The van der Waals surface area contributed by atoms with Gasteiger partial charge in [-0.2, -0.15) is 0 Å². The van der Waals surface area contributed by atoms with Crippen molar-refractivity contribution in [2.75, 3.05) is 13.2 Å². The molecule has 0 spiro atoms. The van der Waals surface area contributed by atoms with Crippen molar-refractivity contribution in [3.8, 4) is 5.75 Å². The Morgan fingerprint density at radius 1 is 0.946 bits per heavy atom. The van der Waals surface area contributed by atoms with Gasteiger partial charge in [0.1, 0.15) is 11.8 Å². The SMILES string of the molecule is CCCNC(=O)C(Cc1ccccc1)N(Cc1ccccc1Cl)C(=O)COc1ccccc1C(C)(C)C. The Hall–Kier alpha value is -3.31. The van der Waals surface area contributed by atoms with E-state index in [-0.39, 0.29) is 30.4 Å². The summed E-state index contributed by atoms with van der Waals surface area (Å²) in [7, 11) is 0. The van der Waals surface area contributed by atoms with Crippen molar-refractivity contribution in [2.45, 2.75) is 58.5 Å². The largest absolute Gasteiger partial charge is 0.483 e. The predicted molar refractivity (Wildman–Crippen MR) is 150 cm³/mol. The highest BCUT2D eigenvalue weighted by molar-refractivity contribution is 6.31. The molecular weight excluding hydrogens is 484 g/mol. The number of hydrogen-bond acceptors (Lipinski definition) is 3. The predicted octanol–water partition coefficient (Wildman–Crippen LogP) is 6.18. The molecule has 0 bridgehead atoms. The first-order valence-corrected chi connectivity index (χ1v) is 13.1. The summed E-state index contributed by atoms with van der Waals surface area (Å²) >= 11 is 6.48. The minimum atomic E-state index is -0.723. The average Bonchev–Trinajstić information content (AvgIpc) is 2.89. The molecule has 6 heteroatoms. The van der Waals surface area contributed by atoms with Crippen LogP contribution < -0.4 is 10.1 Å². The third-order valence-electron chi connectivity index (χ3n) is 6.17. The maximum absolute atomic E-state index is 13.8. The number of rotatable bonds is 11. The van der Waals surface area contributed by atoms with Crippen LogP contribution in [0, 0.1) is 0 Å². The van der Waals surface area contributed by atoms with Crippen LogP contribution in [0.1, 0.15) is 50.8 Å². The highest BCUT2D eigenvalue weighted by atomic mass is 35.5. The van der Waals surface area contributed by atoms with Crippen LogP contribution in [0.2, 0.25) is 5.02 Å². The van der Waals surface area contributed by atoms with E-state index >= 15 is 0 Å². The lowest BCUT2D eigenvalue weighted by atomic mass is 9.86. The molecule has 5 nitrogen and oxygen atoms in total. The molecule has 0 saturated heterocycles. The number of carbonyl (C=O) groups is 2. The Labute approximate surface area is 225 Å². The molecular formula is C31H37ClN2O3. The minimum Gasteiger partial charge on any atom is -0.483 e.